The molecular formula is C21H38O9S. The number of rotatable bonds is 21. The van der Waals surface area contributed by atoms with Gasteiger partial charge < -0.3 is 0 Å². The Morgan fingerprint density at radius 3 is 1.48 bits per heavy atom. The Morgan fingerprint density at radius 1 is 0.677 bits per heavy atom. The van der Waals surface area contributed by atoms with Gasteiger partial charge in [-0.2, -0.15) is 18.2 Å². The van der Waals surface area contributed by atoms with Gasteiger partial charge in [-0.3, -0.25) is 14.3 Å². The van der Waals surface area contributed by atoms with Gasteiger partial charge in [-0.05, 0) is 12.8 Å². The summed E-state index contributed by atoms with van der Waals surface area (Å²) in [5.74, 6) is -2.34. The lowest BCUT2D eigenvalue weighted by molar-refractivity contribution is -0.269. The molecule has 0 bridgehead atoms. The van der Waals surface area contributed by atoms with Crippen molar-refractivity contribution in [3.05, 3.63) is 12.2 Å². The second kappa shape index (κ2) is 20.4. The molecule has 0 aromatic rings. The van der Waals surface area contributed by atoms with E-state index in [1.54, 1.807) is 0 Å². The van der Waals surface area contributed by atoms with E-state index in [9.17, 15) is 18.0 Å². The lowest BCUT2D eigenvalue weighted by Gasteiger charge is -2.03. The smallest absolute Gasteiger partial charge is 0.294 e. The Hall–Kier alpha value is -1.49. The maximum Gasteiger partial charge on any atom is 0.366 e. The molecule has 0 atom stereocenters. The first-order chi connectivity index (χ1) is 14.8. The summed E-state index contributed by atoms with van der Waals surface area (Å²) < 4.78 is 29.4. The quantitative estimate of drug-likeness (QED) is 0.0857. The highest BCUT2D eigenvalue weighted by atomic mass is 32.2. The summed E-state index contributed by atoms with van der Waals surface area (Å²) in [4.78, 5) is 40.7. The third-order valence-corrected chi connectivity index (χ3v) is 5.15. The highest BCUT2D eigenvalue weighted by molar-refractivity contribution is 7.85. The van der Waals surface area contributed by atoms with Gasteiger partial charge in [0.2, 0.25) is 0 Å². The van der Waals surface area contributed by atoms with Crippen LogP contribution in [0.15, 0.2) is 12.2 Å². The normalized spacial score (nSPS) is 11.7. The zero-order chi connectivity index (χ0) is 23.2. The fourth-order valence-corrected chi connectivity index (χ4v) is 3.18. The molecule has 0 fully saturated rings. The van der Waals surface area contributed by atoms with Crippen LogP contribution in [0.5, 0.6) is 0 Å². The van der Waals surface area contributed by atoms with Crippen molar-refractivity contribution < 1.29 is 42.1 Å². The second-order valence-electron chi connectivity index (χ2n) is 7.31. The molecule has 10 heteroatoms. The number of carbonyl (C=O) groups excluding carboxylic acids is 2. The Bertz CT molecular complexity index is 588. The van der Waals surface area contributed by atoms with Gasteiger partial charge in [-0.25, -0.2) is 9.59 Å². The zero-order valence-electron chi connectivity index (χ0n) is 18.6. The largest absolute Gasteiger partial charge is 0.366 e. The SMILES string of the molecule is CCCCCCCCCCCCCCOOC(=O)/C=C\C(=O)OOCCCS(=O)(=O)O. The molecule has 1 N–H and O–H groups in total. The summed E-state index contributed by atoms with van der Waals surface area (Å²) in [5, 5.41) is 0. The van der Waals surface area contributed by atoms with Gasteiger partial charge in [-0.1, -0.05) is 77.6 Å². The van der Waals surface area contributed by atoms with E-state index in [4.69, 9.17) is 9.44 Å². The van der Waals surface area contributed by atoms with E-state index < -0.39 is 27.8 Å². The monoisotopic (exact) mass is 466 g/mol. The van der Waals surface area contributed by atoms with Gasteiger partial charge in [-0.15, -0.1) is 0 Å². The van der Waals surface area contributed by atoms with Gasteiger partial charge in [0.25, 0.3) is 10.1 Å². The number of hydrogen-bond acceptors (Lipinski definition) is 8. The third-order valence-electron chi connectivity index (χ3n) is 4.35. The van der Waals surface area contributed by atoms with Crippen LogP contribution in [0.25, 0.3) is 0 Å². The molecule has 0 aliphatic carbocycles. The molecule has 0 aromatic carbocycles. The summed E-state index contributed by atoms with van der Waals surface area (Å²) in [7, 11) is -4.08. The Kier molecular flexibility index (Phi) is 19.4. The molecule has 0 spiro atoms. The van der Waals surface area contributed by atoms with Crippen LogP contribution in [0, 0.1) is 0 Å². The van der Waals surface area contributed by atoms with Crippen LogP contribution >= 0.6 is 0 Å². The van der Waals surface area contributed by atoms with Crippen molar-refractivity contribution in [2.45, 2.75) is 90.4 Å². The van der Waals surface area contributed by atoms with E-state index in [-0.39, 0.29) is 13.0 Å². The van der Waals surface area contributed by atoms with Crippen molar-refractivity contribution in [1.29, 1.82) is 0 Å². The molecule has 0 aliphatic rings. The van der Waals surface area contributed by atoms with Crippen molar-refractivity contribution in [2.75, 3.05) is 19.0 Å². The number of unbranched alkanes of at least 4 members (excludes halogenated alkanes) is 11. The van der Waals surface area contributed by atoms with Crippen LogP contribution in [0.3, 0.4) is 0 Å². The number of hydrogen-bond donors (Lipinski definition) is 1. The molecule has 0 rings (SSSR count). The fraction of sp³-hybridized carbons (Fsp3) is 0.810. The minimum atomic E-state index is -4.08. The highest BCUT2D eigenvalue weighted by Crippen LogP contribution is 2.11. The molecule has 0 saturated heterocycles. The molecule has 0 radical (unpaired) electrons. The topological polar surface area (TPSA) is 125 Å². The predicted octanol–water partition coefficient (Wildman–Crippen LogP) is 4.47. The molecule has 0 unspecified atom stereocenters. The fourth-order valence-electron chi connectivity index (χ4n) is 2.69. The van der Waals surface area contributed by atoms with E-state index in [1.807, 2.05) is 0 Å². The summed E-state index contributed by atoms with van der Waals surface area (Å²) in [6.07, 6.45) is 16.3. The van der Waals surface area contributed by atoms with Crippen LogP contribution in [0.2, 0.25) is 0 Å². The van der Waals surface area contributed by atoms with Crippen LogP contribution in [-0.2, 0) is 39.3 Å². The van der Waals surface area contributed by atoms with Crippen molar-refractivity contribution >= 4 is 22.1 Å². The summed E-state index contributed by atoms with van der Waals surface area (Å²) in [6, 6.07) is 0. The Labute approximate surface area is 186 Å². The zero-order valence-corrected chi connectivity index (χ0v) is 19.4. The Balaban J connectivity index is 3.44. The predicted molar refractivity (Wildman–Crippen MR) is 115 cm³/mol. The lowest BCUT2D eigenvalue weighted by Crippen LogP contribution is -2.10. The van der Waals surface area contributed by atoms with Gasteiger partial charge in [0.15, 0.2) is 0 Å². The summed E-state index contributed by atoms with van der Waals surface area (Å²) in [5.41, 5.74) is 0. The van der Waals surface area contributed by atoms with E-state index in [1.165, 1.54) is 57.8 Å². The molecule has 0 saturated carbocycles. The van der Waals surface area contributed by atoms with E-state index in [0.29, 0.717) is 6.61 Å². The van der Waals surface area contributed by atoms with Crippen molar-refractivity contribution in [3.8, 4) is 0 Å². The van der Waals surface area contributed by atoms with E-state index in [0.717, 1.165) is 31.4 Å². The molecular weight excluding hydrogens is 428 g/mol. The van der Waals surface area contributed by atoms with Crippen LogP contribution in [-0.4, -0.2) is 43.9 Å². The summed E-state index contributed by atoms with van der Waals surface area (Å²) >= 11 is 0. The minimum Gasteiger partial charge on any atom is -0.294 e. The lowest BCUT2D eigenvalue weighted by atomic mass is 10.1. The van der Waals surface area contributed by atoms with Gasteiger partial charge in [0.1, 0.15) is 0 Å². The van der Waals surface area contributed by atoms with Crippen molar-refractivity contribution in [2.24, 2.45) is 0 Å². The van der Waals surface area contributed by atoms with Gasteiger partial charge >= 0.3 is 11.9 Å². The minimum absolute atomic E-state index is 0.0508. The average molecular weight is 467 g/mol. The average Bonchev–Trinajstić information content (AvgIpc) is 2.71. The Morgan fingerprint density at radius 2 is 1.06 bits per heavy atom. The maximum absolute atomic E-state index is 11.4. The van der Waals surface area contributed by atoms with Crippen molar-refractivity contribution in [1.82, 2.24) is 0 Å². The summed E-state index contributed by atoms with van der Waals surface area (Å²) in [6.45, 7) is 2.30. The number of carbonyl (C=O) groups is 2. The first kappa shape index (κ1) is 29.5. The van der Waals surface area contributed by atoms with Crippen LogP contribution in [0.4, 0.5) is 0 Å². The first-order valence-corrected chi connectivity index (χ1v) is 12.8. The standard InChI is InChI=1S/C21H38O9S/c1-2-3-4-5-6-7-8-9-10-11-12-13-17-27-29-20(22)15-16-21(23)30-28-18-14-19-31(24,25)26/h15-16H,2-14,17-19H2,1H3,(H,24,25,26)/b16-15-. The first-order valence-electron chi connectivity index (χ1n) is 11.1. The van der Waals surface area contributed by atoms with Gasteiger partial charge in [0.05, 0.1) is 19.0 Å². The van der Waals surface area contributed by atoms with Crippen LogP contribution in [0.1, 0.15) is 90.4 Å². The van der Waals surface area contributed by atoms with Crippen LogP contribution < -0.4 is 0 Å². The van der Waals surface area contributed by atoms with Crippen molar-refractivity contribution in [3.63, 3.8) is 0 Å². The van der Waals surface area contributed by atoms with E-state index in [2.05, 4.69) is 21.6 Å². The van der Waals surface area contributed by atoms with E-state index >= 15 is 0 Å². The maximum atomic E-state index is 11.4. The molecule has 182 valence electrons. The molecule has 0 aromatic heterocycles. The highest BCUT2D eigenvalue weighted by Gasteiger charge is 2.06. The molecule has 0 heterocycles. The molecule has 0 aliphatic heterocycles. The second-order valence-corrected chi connectivity index (χ2v) is 8.88. The van der Waals surface area contributed by atoms with Gasteiger partial charge in [0, 0.05) is 12.2 Å². The molecule has 9 nitrogen and oxygen atoms in total. The molecule has 31 heavy (non-hydrogen) atoms. The third kappa shape index (κ3) is 24.7. The molecule has 0 amide bonds.